The maximum absolute atomic E-state index is 13.2. The van der Waals surface area contributed by atoms with Crippen molar-refractivity contribution in [3.63, 3.8) is 0 Å². The largest absolute Gasteiger partial charge is 0.507 e. The van der Waals surface area contributed by atoms with E-state index in [9.17, 15) is 19.5 Å². The number of esters is 1. The van der Waals surface area contributed by atoms with E-state index in [1.165, 1.54) is 31.3 Å². The highest BCUT2D eigenvalue weighted by Crippen LogP contribution is 2.42. The average Bonchev–Trinajstić information content (AvgIpc) is 3.14. The summed E-state index contributed by atoms with van der Waals surface area (Å²) in [5.41, 5.74) is 1.67. The van der Waals surface area contributed by atoms with Gasteiger partial charge in [0, 0.05) is 11.3 Å². The molecule has 172 valence electrons. The first-order valence-corrected chi connectivity index (χ1v) is 11.0. The number of halogens is 1. The number of nitrogens with zero attached hydrogens (tertiary/aromatic N) is 1. The standard InChI is InChI=1S/C26H20BrNO6/c1-33-20-13-10-17(14-19(20)27)23(29)21-22(15-6-4-3-5-7-15)28(25(31)24(21)30)18-11-8-16(9-12-18)26(32)34-2/h3-14,22,29H,1-2H3/b23-21-. The number of Topliss-reactive ketones (excluding diaryl/α,β-unsaturated/α-hetero) is 1. The molecule has 0 aliphatic carbocycles. The third-order valence-electron chi connectivity index (χ3n) is 5.55. The number of rotatable bonds is 5. The Labute approximate surface area is 204 Å². The molecule has 1 unspecified atom stereocenters. The van der Waals surface area contributed by atoms with Crippen LogP contribution in [0.25, 0.3) is 5.76 Å². The number of ether oxygens (including phenoxy) is 2. The Morgan fingerprint density at radius 3 is 2.18 bits per heavy atom. The Morgan fingerprint density at radius 1 is 0.941 bits per heavy atom. The van der Waals surface area contributed by atoms with Crippen LogP contribution in [0.1, 0.15) is 27.5 Å². The zero-order valence-electron chi connectivity index (χ0n) is 18.3. The van der Waals surface area contributed by atoms with Gasteiger partial charge >= 0.3 is 5.97 Å². The number of aliphatic hydroxyl groups excluding tert-OH is 1. The highest BCUT2D eigenvalue weighted by atomic mass is 79.9. The van der Waals surface area contributed by atoms with Crippen molar-refractivity contribution >= 4 is 45.0 Å². The third kappa shape index (κ3) is 4.08. The number of aliphatic hydroxyl groups is 1. The average molecular weight is 522 g/mol. The van der Waals surface area contributed by atoms with E-state index >= 15 is 0 Å². The summed E-state index contributed by atoms with van der Waals surface area (Å²) in [6, 6.07) is 19.1. The minimum Gasteiger partial charge on any atom is -0.507 e. The molecule has 4 rings (SSSR count). The van der Waals surface area contributed by atoms with Gasteiger partial charge in [-0.2, -0.15) is 0 Å². The molecular formula is C26H20BrNO6. The summed E-state index contributed by atoms with van der Waals surface area (Å²) in [4.78, 5) is 39.5. The number of hydrogen-bond donors (Lipinski definition) is 1. The van der Waals surface area contributed by atoms with Crippen molar-refractivity contribution in [3.8, 4) is 5.75 Å². The monoisotopic (exact) mass is 521 g/mol. The highest BCUT2D eigenvalue weighted by molar-refractivity contribution is 9.10. The van der Waals surface area contributed by atoms with Crippen molar-refractivity contribution in [2.75, 3.05) is 19.1 Å². The lowest BCUT2D eigenvalue weighted by molar-refractivity contribution is -0.132. The van der Waals surface area contributed by atoms with Gasteiger partial charge in [-0.1, -0.05) is 30.3 Å². The maximum atomic E-state index is 13.2. The molecular weight excluding hydrogens is 502 g/mol. The first-order valence-electron chi connectivity index (χ1n) is 10.3. The third-order valence-corrected chi connectivity index (χ3v) is 6.17. The van der Waals surface area contributed by atoms with Crippen LogP contribution in [0.15, 0.2) is 82.8 Å². The van der Waals surface area contributed by atoms with Crippen molar-refractivity contribution in [2.45, 2.75) is 6.04 Å². The van der Waals surface area contributed by atoms with Crippen molar-refractivity contribution < 1.29 is 29.0 Å². The lowest BCUT2D eigenvalue weighted by Crippen LogP contribution is -2.29. The summed E-state index contributed by atoms with van der Waals surface area (Å²) in [7, 11) is 2.80. The van der Waals surface area contributed by atoms with E-state index in [0.717, 1.165) is 0 Å². The molecule has 0 saturated carbocycles. The van der Waals surface area contributed by atoms with E-state index in [-0.39, 0.29) is 11.3 Å². The van der Waals surface area contributed by atoms with Gasteiger partial charge in [0.25, 0.3) is 11.7 Å². The number of benzene rings is 3. The molecule has 0 spiro atoms. The van der Waals surface area contributed by atoms with E-state index in [1.807, 2.05) is 6.07 Å². The second-order valence-corrected chi connectivity index (χ2v) is 8.32. The Morgan fingerprint density at radius 2 is 1.59 bits per heavy atom. The molecule has 1 heterocycles. The van der Waals surface area contributed by atoms with Gasteiger partial charge < -0.3 is 14.6 Å². The zero-order chi connectivity index (χ0) is 24.4. The highest BCUT2D eigenvalue weighted by Gasteiger charge is 2.47. The molecule has 1 saturated heterocycles. The van der Waals surface area contributed by atoms with E-state index in [0.29, 0.717) is 32.6 Å². The second kappa shape index (κ2) is 9.52. The first-order chi connectivity index (χ1) is 16.4. The predicted molar refractivity (Wildman–Crippen MR) is 130 cm³/mol. The van der Waals surface area contributed by atoms with Gasteiger partial charge in [-0.15, -0.1) is 0 Å². The molecule has 1 aliphatic heterocycles. The number of hydrogen-bond acceptors (Lipinski definition) is 6. The SMILES string of the molecule is COC(=O)c1ccc(N2C(=O)C(=O)/C(=C(\O)c3ccc(OC)c(Br)c3)C2c2ccccc2)cc1. The summed E-state index contributed by atoms with van der Waals surface area (Å²) in [6.07, 6.45) is 0. The predicted octanol–water partition coefficient (Wildman–Crippen LogP) is 4.87. The minimum atomic E-state index is -0.869. The summed E-state index contributed by atoms with van der Waals surface area (Å²) in [6.45, 7) is 0. The zero-order valence-corrected chi connectivity index (χ0v) is 19.9. The molecule has 1 aliphatic rings. The molecule has 3 aromatic rings. The number of carbonyl (C=O) groups excluding carboxylic acids is 3. The van der Waals surface area contributed by atoms with Crippen LogP contribution in [0.5, 0.6) is 5.75 Å². The molecule has 8 heteroatoms. The number of ketones is 1. The van der Waals surface area contributed by atoms with Crippen molar-refractivity contribution in [2.24, 2.45) is 0 Å². The molecule has 1 amide bonds. The van der Waals surface area contributed by atoms with E-state index in [1.54, 1.807) is 54.6 Å². The summed E-state index contributed by atoms with van der Waals surface area (Å²) >= 11 is 3.39. The topological polar surface area (TPSA) is 93.1 Å². The molecule has 1 fully saturated rings. The van der Waals surface area contributed by atoms with Gasteiger partial charge in [-0.05, 0) is 64.0 Å². The fourth-order valence-corrected chi connectivity index (χ4v) is 4.44. The molecule has 34 heavy (non-hydrogen) atoms. The number of anilines is 1. The van der Waals surface area contributed by atoms with Gasteiger partial charge in [0.15, 0.2) is 0 Å². The number of methoxy groups -OCH3 is 2. The molecule has 3 aromatic carbocycles. The number of amides is 1. The van der Waals surface area contributed by atoms with Gasteiger partial charge in [0.05, 0.1) is 35.9 Å². The van der Waals surface area contributed by atoms with Crippen LogP contribution in [0.2, 0.25) is 0 Å². The summed E-state index contributed by atoms with van der Waals surface area (Å²) in [5.74, 6) is -1.85. The fraction of sp³-hybridized carbons (Fsp3) is 0.115. The van der Waals surface area contributed by atoms with E-state index in [4.69, 9.17) is 9.47 Å². The molecule has 0 radical (unpaired) electrons. The summed E-state index contributed by atoms with van der Waals surface area (Å²) in [5, 5.41) is 11.2. The normalized spacial score (nSPS) is 17.0. The van der Waals surface area contributed by atoms with Crippen LogP contribution in [0.4, 0.5) is 5.69 Å². The molecule has 0 aromatic heterocycles. The van der Waals surface area contributed by atoms with Gasteiger partial charge in [-0.3, -0.25) is 14.5 Å². The quantitative estimate of drug-likeness (QED) is 0.223. The van der Waals surface area contributed by atoms with Crippen LogP contribution < -0.4 is 9.64 Å². The van der Waals surface area contributed by atoms with Gasteiger partial charge in [-0.25, -0.2) is 4.79 Å². The lowest BCUT2D eigenvalue weighted by atomic mass is 9.95. The molecule has 1 N–H and O–H groups in total. The first kappa shape index (κ1) is 23.3. The van der Waals surface area contributed by atoms with Crippen LogP contribution >= 0.6 is 15.9 Å². The van der Waals surface area contributed by atoms with Crippen molar-refractivity contribution in [1.29, 1.82) is 0 Å². The molecule has 1 atom stereocenters. The van der Waals surface area contributed by atoms with E-state index in [2.05, 4.69) is 15.9 Å². The Balaban J connectivity index is 1.88. The Hall–Kier alpha value is -3.91. The van der Waals surface area contributed by atoms with Crippen LogP contribution in [0.3, 0.4) is 0 Å². The maximum Gasteiger partial charge on any atom is 0.337 e. The van der Waals surface area contributed by atoms with Gasteiger partial charge in [0.1, 0.15) is 11.5 Å². The second-order valence-electron chi connectivity index (χ2n) is 7.47. The van der Waals surface area contributed by atoms with Crippen molar-refractivity contribution in [1.82, 2.24) is 0 Å². The van der Waals surface area contributed by atoms with Gasteiger partial charge in [0.2, 0.25) is 0 Å². The molecule has 0 bridgehead atoms. The van der Waals surface area contributed by atoms with Crippen LogP contribution in [0, 0.1) is 0 Å². The number of carbonyl (C=O) groups is 3. The Bertz CT molecular complexity index is 1300. The summed E-state index contributed by atoms with van der Waals surface area (Å²) < 4.78 is 10.5. The fourth-order valence-electron chi connectivity index (χ4n) is 3.89. The minimum absolute atomic E-state index is 0.0367. The lowest BCUT2D eigenvalue weighted by Gasteiger charge is -2.25. The van der Waals surface area contributed by atoms with E-state index < -0.39 is 23.7 Å². The van der Waals surface area contributed by atoms with Crippen LogP contribution in [-0.2, 0) is 14.3 Å². The van der Waals surface area contributed by atoms with Crippen LogP contribution in [-0.4, -0.2) is 37.0 Å². The Kier molecular flexibility index (Phi) is 6.51. The van der Waals surface area contributed by atoms with Crippen molar-refractivity contribution in [3.05, 3.63) is 99.5 Å². The smallest absolute Gasteiger partial charge is 0.337 e. The molecule has 7 nitrogen and oxygen atoms in total.